The van der Waals surface area contributed by atoms with Gasteiger partial charge in [0.25, 0.3) is 5.91 Å². The van der Waals surface area contributed by atoms with E-state index in [9.17, 15) is 9.59 Å². The third-order valence-electron chi connectivity index (χ3n) is 3.81. The molecule has 1 aliphatic heterocycles. The van der Waals surface area contributed by atoms with E-state index in [1.165, 1.54) is 37.5 Å². The van der Waals surface area contributed by atoms with Crippen LogP contribution in [-0.2, 0) is 4.79 Å². The van der Waals surface area contributed by atoms with Crippen LogP contribution in [0.4, 0.5) is 16.5 Å². The molecule has 0 atom stereocenters. The van der Waals surface area contributed by atoms with Crippen molar-refractivity contribution in [2.24, 2.45) is 0 Å². The number of rotatable bonds is 4. The minimum Gasteiger partial charge on any atom is -0.357 e. The molecule has 0 spiro atoms. The molecule has 1 saturated heterocycles. The minimum atomic E-state index is -0.205. The number of carbonyl (C=O) groups excluding carboxylic acids is 2. The number of piperidine rings is 1. The fourth-order valence-corrected chi connectivity index (χ4v) is 3.51. The van der Waals surface area contributed by atoms with Crippen molar-refractivity contribution < 1.29 is 9.59 Å². The van der Waals surface area contributed by atoms with Crippen molar-refractivity contribution in [2.75, 3.05) is 28.6 Å². The van der Waals surface area contributed by atoms with Gasteiger partial charge < -0.3 is 15.5 Å². The van der Waals surface area contributed by atoms with Crippen LogP contribution in [0.1, 0.15) is 35.9 Å². The lowest BCUT2D eigenvalue weighted by molar-refractivity contribution is -0.114. The van der Waals surface area contributed by atoms with Gasteiger partial charge in [0.05, 0.1) is 21.8 Å². The first-order chi connectivity index (χ1) is 11.6. The second kappa shape index (κ2) is 7.44. The highest BCUT2D eigenvalue weighted by Gasteiger charge is 2.13. The summed E-state index contributed by atoms with van der Waals surface area (Å²) in [6, 6.07) is 7.23. The molecule has 0 unspecified atom stereocenters. The van der Waals surface area contributed by atoms with E-state index in [1.54, 1.807) is 18.3 Å². The van der Waals surface area contributed by atoms with Crippen LogP contribution in [0.2, 0.25) is 0 Å². The molecule has 7 heteroatoms. The smallest absolute Gasteiger partial charge is 0.265 e. The number of anilines is 3. The van der Waals surface area contributed by atoms with Crippen LogP contribution in [0, 0.1) is 0 Å². The lowest BCUT2D eigenvalue weighted by atomic mass is 10.1. The van der Waals surface area contributed by atoms with E-state index in [1.807, 2.05) is 12.1 Å². The van der Waals surface area contributed by atoms with Crippen molar-refractivity contribution in [3.8, 4) is 0 Å². The SMILES string of the molecule is CC(=O)Nc1ccc(C(=O)Nc2ccc(N3CCCCC3)nc2)s1. The van der Waals surface area contributed by atoms with Crippen molar-refractivity contribution in [2.45, 2.75) is 26.2 Å². The monoisotopic (exact) mass is 344 g/mol. The first kappa shape index (κ1) is 16.4. The quantitative estimate of drug-likeness (QED) is 0.892. The third-order valence-corrected chi connectivity index (χ3v) is 4.81. The molecule has 0 saturated carbocycles. The summed E-state index contributed by atoms with van der Waals surface area (Å²) in [6.45, 7) is 3.52. The van der Waals surface area contributed by atoms with Gasteiger partial charge in [-0.15, -0.1) is 11.3 Å². The van der Waals surface area contributed by atoms with E-state index < -0.39 is 0 Å². The average molecular weight is 344 g/mol. The Hall–Kier alpha value is -2.41. The fourth-order valence-electron chi connectivity index (χ4n) is 2.66. The van der Waals surface area contributed by atoms with Gasteiger partial charge in [-0.25, -0.2) is 4.98 Å². The summed E-state index contributed by atoms with van der Waals surface area (Å²) in [4.78, 5) is 30.5. The highest BCUT2D eigenvalue weighted by atomic mass is 32.1. The van der Waals surface area contributed by atoms with E-state index in [4.69, 9.17) is 0 Å². The van der Waals surface area contributed by atoms with E-state index >= 15 is 0 Å². The molecule has 0 bridgehead atoms. The molecule has 1 aliphatic rings. The average Bonchev–Trinajstić information content (AvgIpc) is 3.04. The Morgan fingerprint density at radius 2 is 1.88 bits per heavy atom. The Morgan fingerprint density at radius 3 is 2.54 bits per heavy atom. The minimum absolute atomic E-state index is 0.152. The summed E-state index contributed by atoms with van der Waals surface area (Å²) in [6.07, 6.45) is 5.38. The number of amides is 2. The molecule has 126 valence electrons. The second-order valence-corrected chi connectivity index (χ2v) is 6.84. The van der Waals surface area contributed by atoms with Crippen LogP contribution >= 0.6 is 11.3 Å². The number of nitrogens with one attached hydrogen (secondary N) is 2. The molecule has 2 aromatic rings. The summed E-state index contributed by atoms with van der Waals surface area (Å²) in [5, 5.41) is 6.16. The largest absolute Gasteiger partial charge is 0.357 e. The van der Waals surface area contributed by atoms with Crippen molar-refractivity contribution in [1.29, 1.82) is 0 Å². The first-order valence-electron chi connectivity index (χ1n) is 8.01. The van der Waals surface area contributed by atoms with Gasteiger partial charge >= 0.3 is 0 Å². The molecule has 2 amide bonds. The zero-order valence-electron chi connectivity index (χ0n) is 13.5. The Kier molecular flexibility index (Phi) is 5.10. The molecule has 0 radical (unpaired) electrons. The molecule has 24 heavy (non-hydrogen) atoms. The van der Waals surface area contributed by atoms with Gasteiger partial charge in [-0.2, -0.15) is 0 Å². The van der Waals surface area contributed by atoms with Crippen molar-refractivity contribution in [3.05, 3.63) is 35.3 Å². The van der Waals surface area contributed by atoms with Gasteiger partial charge in [0.15, 0.2) is 0 Å². The van der Waals surface area contributed by atoms with E-state index in [0.29, 0.717) is 15.6 Å². The zero-order valence-corrected chi connectivity index (χ0v) is 14.4. The van der Waals surface area contributed by atoms with Gasteiger partial charge in [0.1, 0.15) is 5.82 Å². The highest BCUT2D eigenvalue weighted by molar-refractivity contribution is 7.18. The maximum absolute atomic E-state index is 12.2. The maximum atomic E-state index is 12.2. The lowest BCUT2D eigenvalue weighted by Crippen LogP contribution is -2.30. The second-order valence-electron chi connectivity index (χ2n) is 5.75. The summed E-state index contributed by atoms with van der Waals surface area (Å²) < 4.78 is 0. The predicted octanol–water partition coefficient (Wildman–Crippen LogP) is 3.34. The molecule has 1 fully saturated rings. The Bertz CT molecular complexity index is 720. The van der Waals surface area contributed by atoms with Crippen LogP contribution in [0.25, 0.3) is 0 Å². The van der Waals surface area contributed by atoms with E-state index in [0.717, 1.165) is 18.9 Å². The topological polar surface area (TPSA) is 74.3 Å². The standard InChI is InChI=1S/C17H20N4O2S/c1-12(22)19-16-8-6-14(24-16)17(23)20-13-5-7-15(18-11-13)21-9-3-2-4-10-21/h5-8,11H,2-4,9-10H2,1H3,(H,19,22)(H,20,23). The number of thiophene rings is 1. The van der Waals surface area contributed by atoms with Gasteiger partial charge in [0, 0.05) is 20.0 Å². The number of aromatic nitrogens is 1. The molecule has 6 nitrogen and oxygen atoms in total. The maximum Gasteiger partial charge on any atom is 0.265 e. The van der Waals surface area contributed by atoms with Gasteiger partial charge in [-0.05, 0) is 43.5 Å². The third kappa shape index (κ3) is 4.11. The summed E-state index contributed by atoms with van der Waals surface area (Å²) in [5.74, 6) is 0.599. The van der Waals surface area contributed by atoms with Gasteiger partial charge in [0.2, 0.25) is 5.91 Å². The van der Waals surface area contributed by atoms with Crippen LogP contribution < -0.4 is 15.5 Å². The Balaban J connectivity index is 1.61. The molecule has 0 aliphatic carbocycles. The summed E-state index contributed by atoms with van der Waals surface area (Å²) in [5.41, 5.74) is 0.662. The van der Waals surface area contributed by atoms with Crippen molar-refractivity contribution >= 4 is 39.7 Å². The Labute approximate surface area is 144 Å². The lowest BCUT2D eigenvalue weighted by Gasteiger charge is -2.27. The van der Waals surface area contributed by atoms with Crippen LogP contribution in [0.5, 0.6) is 0 Å². The summed E-state index contributed by atoms with van der Waals surface area (Å²) >= 11 is 1.24. The molecule has 3 heterocycles. The van der Waals surface area contributed by atoms with E-state index in [2.05, 4.69) is 20.5 Å². The molecule has 2 aromatic heterocycles. The molecule has 3 rings (SSSR count). The number of nitrogens with zero attached hydrogens (tertiary/aromatic N) is 2. The number of hydrogen-bond donors (Lipinski definition) is 2. The Morgan fingerprint density at radius 1 is 1.08 bits per heavy atom. The molecule has 0 aromatic carbocycles. The van der Waals surface area contributed by atoms with Gasteiger partial charge in [-0.1, -0.05) is 0 Å². The predicted molar refractivity (Wildman–Crippen MR) is 96.9 cm³/mol. The van der Waals surface area contributed by atoms with Crippen LogP contribution in [0.3, 0.4) is 0 Å². The highest BCUT2D eigenvalue weighted by Crippen LogP contribution is 2.23. The number of carbonyl (C=O) groups is 2. The molecular weight excluding hydrogens is 324 g/mol. The fraction of sp³-hybridized carbons (Fsp3) is 0.353. The number of hydrogen-bond acceptors (Lipinski definition) is 5. The van der Waals surface area contributed by atoms with Crippen molar-refractivity contribution in [3.63, 3.8) is 0 Å². The van der Waals surface area contributed by atoms with Crippen molar-refractivity contribution in [1.82, 2.24) is 4.98 Å². The van der Waals surface area contributed by atoms with Gasteiger partial charge in [-0.3, -0.25) is 9.59 Å². The van der Waals surface area contributed by atoms with Crippen LogP contribution in [-0.4, -0.2) is 29.9 Å². The normalized spacial score (nSPS) is 14.3. The zero-order chi connectivity index (χ0) is 16.9. The summed E-state index contributed by atoms with van der Waals surface area (Å²) in [7, 11) is 0. The molecule has 2 N–H and O–H groups in total. The van der Waals surface area contributed by atoms with E-state index in [-0.39, 0.29) is 11.8 Å². The number of pyridine rings is 1. The molecular formula is C17H20N4O2S. The van der Waals surface area contributed by atoms with Crippen LogP contribution in [0.15, 0.2) is 30.5 Å². The first-order valence-corrected chi connectivity index (χ1v) is 8.83.